The number of aromatic nitrogens is 8. The zero-order valence-electron chi connectivity index (χ0n) is 82.8. The van der Waals surface area contributed by atoms with Crippen molar-refractivity contribution in [1.82, 2.24) is 80.7 Å². The Kier molecular flexibility index (Phi) is 33.7. The molecule has 38 heteroatoms. The number of alkyl halides is 2. The smallest absolute Gasteiger partial charge is 0.280 e. The molecule has 3 aliphatic carbocycles. The number of hydrogen-bond acceptors (Lipinski definition) is 28. The van der Waals surface area contributed by atoms with Gasteiger partial charge in [-0.15, -0.1) is 45.3 Å². The number of aliphatic hydroxyl groups is 4. The number of fused-ring (bicyclic) bond motifs is 2. The van der Waals surface area contributed by atoms with E-state index >= 15 is 0 Å². The van der Waals surface area contributed by atoms with Gasteiger partial charge >= 0.3 is 0 Å². The molecule has 8 fully saturated rings. The average molecular weight is 1980 g/mol. The molecule has 4 atom stereocenters. The van der Waals surface area contributed by atoms with Gasteiger partial charge in [0, 0.05) is 147 Å². The van der Waals surface area contributed by atoms with Crippen LogP contribution in [0.15, 0.2) is 49.1 Å². The number of nitrogens with one attached hydrogen (secondary N) is 8. The molecule has 32 nitrogen and oxygen atoms in total. The normalized spacial score (nSPS) is 19.6. The molecule has 0 unspecified atom stereocenters. The summed E-state index contributed by atoms with van der Waals surface area (Å²) >= 11 is 4.62. The van der Waals surface area contributed by atoms with Crippen molar-refractivity contribution in [3.8, 4) is 41.8 Å². The Morgan fingerprint density at radius 2 is 0.710 bits per heavy atom. The van der Waals surface area contributed by atoms with E-state index in [1.54, 1.807) is 87.1 Å². The molecule has 3 saturated carbocycles. The Balaban J connectivity index is 0.000000155. The van der Waals surface area contributed by atoms with Crippen LogP contribution in [0.1, 0.15) is 329 Å². The van der Waals surface area contributed by atoms with Gasteiger partial charge in [-0.05, 0) is 273 Å². The van der Waals surface area contributed by atoms with Crippen LogP contribution in [0.25, 0.3) is 41.8 Å². The number of aryl methyl sites for hydroxylation is 4. The Morgan fingerprint density at radius 3 is 1.01 bits per heavy atom. The highest BCUT2D eigenvalue weighted by atomic mass is 32.1. The summed E-state index contributed by atoms with van der Waals surface area (Å²) in [4.78, 5) is 151. The second-order valence-electron chi connectivity index (χ2n) is 41.5. The van der Waals surface area contributed by atoms with Gasteiger partial charge in [-0.2, -0.15) is 0 Å². The summed E-state index contributed by atoms with van der Waals surface area (Å²) in [5, 5.41) is 65.1. The summed E-state index contributed by atoms with van der Waals surface area (Å²) in [7, 11) is 0. The lowest BCUT2D eigenvalue weighted by molar-refractivity contribution is 0.0117. The number of carbonyl (C=O) groups is 8. The lowest BCUT2D eigenvalue weighted by Crippen LogP contribution is -2.42. The zero-order valence-corrected chi connectivity index (χ0v) is 86.1. The van der Waals surface area contributed by atoms with E-state index < -0.39 is 71.0 Å². The van der Waals surface area contributed by atoms with Crippen molar-refractivity contribution < 1.29 is 67.6 Å². The van der Waals surface area contributed by atoms with E-state index in [0.717, 1.165) is 162 Å². The zero-order chi connectivity index (χ0) is 99.9. The predicted octanol–water partition coefficient (Wildman–Crippen LogP) is 16.1. The van der Waals surface area contributed by atoms with Crippen molar-refractivity contribution in [2.24, 2.45) is 5.92 Å². The van der Waals surface area contributed by atoms with Crippen LogP contribution in [0.4, 0.5) is 32.1 Å². The fourth-order valence-electron chi connectivity index (χ4n) is 18.5. The first-order valence-corrected chi connectivity index (χ1v) is 51.9. The topological polar surface area (TPSA) is 430 Å². The van der Waals surface area contributed by atoms with E-state index in [9.17, 15) is 67.6 Å². The van der Waals surface area contributed by atoms with Crippen LogP contribution in [0, 0.1) is 33.6 Å². The quantitative estimate of drug-likeness (QED) is 0.0207. The largest absolute Gasteiger partial charge is 0.389 e. The highest BCUT2D eigenvalue weighted by Gasteiger charge is 2.48. The van der Waals surface area contributed by atoms with Crippen LogP contribution in [0.5, 0.6) is 0 Å². The van der Waals surface area contributed by atoms with Gasteiger partial charge in [0.1, 0.15) is 46.0 Å². The number of carbonyl (C=O) groups excluding carboxylic acids is 8. The van der Waals surface area contributed by atoms with Gasteiger partial charge in [-0.25, -0.2) is 48.7 Å². The maximum Gasteiger partial charge on any atom is 0.280 e. The molecular weight excluding hydrogens is 1840 g/mol. The van der Waals surface area contributed by atoms with Gasteiger partial charge < -0.3 is 82.6 Å². The number of nitrogens with zero attached hydrogens (tertiary/aromatic N) is 12. The molecule has 5 saturated heterocycles. The Morgan fingerprint density at radius 1 is 0.406 bits per heavy atom. The van der Waals surface area contributed by atoms with Crippen molar-refractivity contribution in [2.45, 2.75) is 336 Å². The van der Waals surface area contributed by atoms with E-state index in [1.165, 1.54) is 72.5 Å². The molecule has 138 heavy (non-hydrogen) atoms. The summed E-state index contributed by atoms with van der Waals surface area (Å²) in [5.74, 6) is -1.87. The molecule has 8 aromatic rings. The highest BCUT2D eigenvalue weighted by Crippen LogP contribution is 2.45. The third kappa shape index (κ3) is 27.3. The highest BCUT2D eigenvalue weighted by molar-refractivity contribution is 7.18. The van der Waals surface area contributed by atoms with E-state index in [-0.39, 0.29) is 111 Å². The molecular formula is C100H138F2N20O12S4. The lowest BCUT2D eigenvalue weighted by Gasteiger charge is -2.33. The Labute approximate surface area is 823 Å². The van der Waals surface area contributed by atoms with Crippen LogP contribution < -0.4 is 42.5 Å². The fraction of sp³-hybridized carbons (Fsp3) is 0.600. The number of halogens is 2. The maximum atomic E-state index is 14.0. The van der Waals surface area contributed by atoms with Gasteiger partial charge in [0.2, 0.25) is 0 Å². The number of amides is 8. The minimum atomic E-state index is -2.97. The summed E-state index contributed by atoms with van der Waals surface area (Å²) in [6, 6.07) is 9.47. The molecule has 8 aromatic heterocycles. The first-order valence-electron chi connectivity index (χ1n) is 48.6. The third-order valence-electron chi connectivity index (χ3n) is 26.2. The van der Waals surface area contributed by atoms with E-state index in [4.69, 9.17) is 0 Å². The number of hydrogen-bond donors (Lipinski definition) is 12. The van der Waals surface area contributed by atoms with Gasteiger partial charge in [0.25, 0.3) is 53.2 Å². The van der Waals surface area contributed by atoms with E-state index in [1.807, 2.05) is 87.4 Å². The van der Waals surface area contributed by atoms with Crippen LogP contribution in [-0.4, -0.2) is 256 Å². The van der Waals surface area contributed by atoms with Crippen molar-refractivity contribution in [3.63, 3.8) is 0 Å². The monoisotopic (exact) mass is 1980 g/mol. The first-order chi connectivity index (χ1) is 65.0. The summed E-state index contributed by atoms with van der Waals surface area (Å²) in [5.41, 5.74) is 3.40. The minimum absolute atomic E-state index is 0.0124. The third-order valence-corrected chi connectivity index (χ3v) is 30.5. The summed E-state index contributed by atoms with van der Waals surface area (Å²) in [6.45, 7) is 33.6. The molecule has 748 valence electrons. The number of piperidine rings is 1. The van der Waals surface area contributed by atoms with Crippen LogP contribution in [0.2, 0.25) is 0 Å². The van der Waals surface area contributed by atoms with Gasteiger partial charge in [-0.3, -0.25) is 38.4 Å². The number of likely N-dealkylation sites (tertiary alicyclic amines) is 3. The van der Waals surface area contributed by atoms with Gasteiger partial charge in [0.15, 0.2) is 20.0 Å². The maximum absolute atomic E-state index is 14.0. The van der Waals surface area contributed by atoms with Gasteiger partial charge in [-0.1, -0.05) is 25.7 Å². The minimum Gasteiger partial charge on any atom is -0.389 e. The molecule has 8 aliphatic rings. The van der Waals surface area contributed by atoms with Gasteiger partial charge in [0.05, 0.1) is 48.5 Å². The standard InChI is InChI=1S/C26H35N5O3S.C25H33F2N5O3S.C25H35N5O3S.C24H35N5O3S/c1-14-11-20(29-15(2)16-5-6-16)27-12-19(14)22-21(25(33)31-17-7-8-18(31)10-9-17)30-24(35-22)23(32)28-13-26(3,4)34;1-14-9-18(30-16-7-5-6-8-16)28-11-17(14)20-19(23(34)32-13-25(26,27)10-15(32)2)31-22(36-20)21(33)29-12-24(3,4)35;1-15-12-19(28-17-9-5-6-10-17)26-13-18(15)21-20(24(32)30-11-7-8-16(30)2)29-23(34-21)22(31)27-14-25(3,4)33;1-14(2)27-18-11-15(3)17(12-25-18)20-19(23(31)29-10-8-7-9-16(29)4)28-22(33-20)21(30)26-13-24(5,6)32/h11-12,15-18,34H,5-10,13H2,1-4H3,(H,27,29)(H,28,32);9,11,15-16,35H,5-8,10,12-13H2,1-4H3,(H,28,30)(H,29,33);12-13,16-17,33H,5-11,14H2,1-4H3,(H,26,28)(H,27,31);11-12,14,16,32H,7-10,13H2,1-6H3,(H,25,27)(H,26,30)/t15-,17?,18?;15-;2*16-/m0000/s1. The van der Waals surface area contributed by atoms with Crippen LogP contribution >= 0.6 is 45.3 Å². The number of rotatable bonds is 29. The number of thiazole rings is 4. The molecule has 2 bridgehead atoms. The second-order valence-corrected chi connectivity index (χ2v) is 45.5. The molecule has 0 radical (unpaired) electrons. The van der Waals surface area contributed by atoms with E-state index in [0.29, 0.717) is 73.6 Å². The van der Waals surface area contributed by atoms with Crippen molar-refractivity contribution in [3.05, 3.63) is 114 Å². The predicted molar refractivity (Wildman–Crippen MR) is 538 cm³/mol. The average Bonchev–Trinajstić information content (AvgIpc) is 1.61. The number of pyridine rings is 4. The van der Waals surface area contributed by atoms with Crippen molar-refractivity contribution in [2.75, 3.05) is 67.1 Å². The molecule has 0 spiro atoms. The summed E-state index contributed by atoms with van der Waals surface area (Å²) in [6.07, 6.45) is 27.5. The Hall–Kier alpha value is -10.2. The summed E-state index contributed by atoms with van der Waals surface area (Å²) < 4.78 is 28.1. The second kappa shape index (κ2) is 44.3. The molecule has 8 amide bonds. The first kappa shape index (κ1) is 105. The van der Waals surface area contributed by atoms with Crippen LogP contribution in [-0.2, 0) is 0 Å². The fourth-order valence-corrected chi connectivity index (χ4v) is 22.6. The molecule has 13 heterocycles. The molecule has 12 N–H and O–H groups in total. The van der Waals surface area contributed by atoms with Crippen molar-refractivity contribution >= 4 is 116 Å². The Bertz CT molecular complexity index is 5700. The van der Waals surface area contributed by atoms with E-state index in [2.05, 4.69) is 96.3 Å². The van der Waals surface area contributed by atoms with Crippen molar-refractivity contribution in [1.29, 1.82) is 0 Å². The SMILES string of the molecule is Cc1cc(NC(C)C)ncc1-c1sc(C(=O)NCC(C)(C)O)nc1C(=O)N1CCCC[C@@H]1C.Cc1cc(NC2CCCC2)ncc1-c1sc(C(=O)NCC(C)(C)O)nc1C(=O)N1CC(F)(F)C[C@@H]1C.Cc1cc(NC2CCCC2)ncc1-c1sc(C(=O)NCC(C)(C)O)nc1C(=O)N1CCC[C@@H]1C.Cc1cc(N[C@@H](C)C2CC2)ncc1-c1sc(C(=O)NCC(C)(C)O)nc1C(=O)N1C2CCC1CC2. The van der Waals surface area contributed by atoms with Crippen LogP contribution in [0.3, 0.4) is 0 Å². The number of anilines is 4. The lowest BCUT2D eigenvalue weighted by atomic mass is 10.0. The molecule has 0 aromatic carbocycles. The molecule has 5 aliphatic heterocycles. The molecule has 16 rings (SSSR count).